The Balaban J connectivity index is 0.884. The molecule has 65 heavy (non-hydrogen) atoms. The van der Waals surface area contributed by atoms with Crippen molar-refractivity contribution in [2.45, 2.75) is 5.41 Å². The van der Waals surface area contributed by atoms with E-state index in [4.69, 9.17) is 15.0 Å². The standard InChI is InChI=1S/C61H38N4/c1-2-14-52(56-36-30-46-24-22-44-10-8-38-63-58(44)60(46)65-56)49(11-1)41-27-33-48(34-28-41)61(53-15-5-3-12-50(53)51-13-4-6-16-54(51)61)47-31-25-40(26-32-47)39-17-19-42(20-18-39)55-35-29-45-23-21-43-9-7-37-62-57(43)59(45)64-55/h1-38H. The predicted octanol–water partition coefficient (Wildman–Crippen LogP) is 14.9. The Hall–Kier alpha value is -8.60. The van der Waals surface area contributed by atoms with Gasteiger partial charge in [0.25, 0.3) is 0 Å². The monoisotopic (exact) mass is 826 g/mol. The second-order valence-corrected chi connectivity index (χ2v) is 16.9. The van der Waals surface area contributed by atoms with Gasteiger partial charge < -0.3 is 0 Å². The Morgan fingerprint density at radius 2 is 0.662 bits per heavy atom. The van der Waals surface area contributed by atoms with Crippen molar-refractivity contribution in [1.82, 2.24) is 19.9 Å². The summed E-state index contributed by atoms with van der Waals surface area (Å²) >= 11 is 0. The van der Waals surface area contributed by atoms with Crippen LogP contribution in [0.3, 0.4) is 0 Å². The summed E-state index contributed by atoms with van der Waals surface area (Å²) in [5.41, 5.74) is 19.4. The summed E-state index contributed by atoms with van der Waals surface area (Å²) in [7, 11) is 0. The third-order valence-corrected chi connectivity index (χ3v) is 13.5. The fourth-order valence-corrected chi connectivity index (χ4v) is 10.4. The van der Waals surface area contributed by atoms with Crippen LogP contribution in [0.25, 0.3) is 99.5 Å². The van der Waals surface area contributed by atoms with E-state index in [0.29, 0.717) is 0 Å². The van der Waals surface area contributed by atoms with Crippen LogP contribution in [0.15, 0.2) is 231 Å². The summed E-state index contributed by atoms with van der Waals surface area (Å²) in [6.45, 7) is 0. The first-order chi connectivity index (χ1) is 32.2. The molecular formula is C61H38N4. The van der Waals surface area contributed by atoms with Crippen LogP contribution in [0, 0.1) is 0 Å². The van der Waals surface area contributed by atoms with Gasteiger partial charge in [-0.05, 0) is 79.9 Å². The maximum absolute atomic E-state index is 5.24. The van der Waals surface area contributed by atoms with E-state index in [9.17, 15) is 0 Å². The molecule has 4 heterocycles. The van der Waals surface area contributed by atoms with Gasteiger partial charge in [0.2, 0.25) is 0 Å². The van der Waals surface area contributed by atoms with Crippen LogP contribution in [0.5, 0.6) is 0 Å². The molecule has 0 spiro atoms. The lowest BCUT2D eigenvalue weighted by molar-refractivity contribution is 0.769. The Kier molecular flexibility index (Phi) is 8.40. The SMILES string of the molecule is c1ccc(-c2ccc3ccc4cccnc4c3n2)c(-c2ccc(C3(c4ccc(-c5ccc(-c6ccc7ccc8cccnc8c7n6)cc5)cc4)c4ccccc4-c4ccccc43)cc2)c1. The maximum Gasteiger partial charge on any atom is 0.0972 e. The molecule has 4 nitrogen and oxygen atoms in total. The molecule has 4 heteroatoms. The average Bonchev–Trinajstić information content (AvgIpc) is 3.69. The molecule has 0 amide bonds. The molecule has 0 fully saturated rings. The van der Waals surface area contributed by atoms with Gasteiger partial charge in [-0.15, -0.1) is 0 Å². The second kappa shape index (κ2) is 14.8. The molecule has 4 aromatic heterocycles. The van der Waals surface area contributed by atoms with Gasteiger partial charge in [0.05, 0.1) is 38.9 Å². The molecule has 0 unspecified atom stereocenters. The van der Waals surface area contributed by atoms with Crippen LogP contribution >= 0.6 is 0 Å². The van der Waals surface area contributed by atoms with Crippen molar-refractivity contribution in [2.24, 2.45) is 0 Å². The van der Waals surface area contributed by atoms with E-state index in [2.05, 4.69) is 211 Å². The quantitative estimate of drug-likeness (QED) is 0.157. The minimum atomic E-state index is -0.525. The fraction of sp³-hybridized carbons (Fsp3) is 0.0164. The molecule has 0 bridgehead atoms. The number of hydrogen-bond acceptors (Lipinski definition) is 4. The van der Waals surface area contributed by atoms with Crippen LogP contribution < -0.4 is 0 Å². The molecule has 1 aliphatic rings. The van der Waals surface area contributed by atoms with Gasteiger partial charge in [-0.1, -0.05) is 194 Å². The summed E-state index contributed by atoms with van der Waals surface area (Å²) in [4.78, 5) is 19.7. The zero-order valence-electron chi connectivity index (χ0n) is 35.2. The van der Waals surface area contributed by atoms with Crippen molar-refractivity contribution >= 4 is 43.6 Å². The zero-order chi connectivity index (χ0) is 42.9. The van der Waals surface area contributed by atoms with Crippen LogP contribution in [0.4, 0.5) is 0 Å². The highest BCUT2D eigenvalue weighted by atomic mass is 14.8. The van der Waals surface area contributed by atoms with Crippen LogP contribution in [-0.4, -0.2) is 19.9 Å². The van der Waals surface area contributed by atoms with E-state index in [1.807, 2.05) is 24.5 Å². The van der Waals surface area contributed by atoms with Crippen molar-refractivity contribution in [1.29, 1.82) is 0 Å². The van der Waals surface area contributed by atoms with Crippen molar-refractivity contribution in [3.8, 4) is 55.9 Å². The lowest BCUT2D eigenvalue weighted by Crippen LogP contribution is -2.28. The molecule has 0 radical (unpaired) electrons. The molecule has 0 aliphatic heterocycles. The van der Waals surface area contributed by atoms with Gasteiger partial charge in [0.15, 0.2) is 0 Å². The first-order valence-electron chi connectivity index (χ1n) is 22.1. The first-order valence-corrected chi connectivity index (χ1v) is 22.1. The highest BCUT2D eigenvalue weighted by Crippen LogP contribution is 2.56. The van der Waals surface area contributed by atoms with E-state index in [-0.39, 0.29) is 0 Å². The summed E-state index contributed by atoms with van der Waals surface area (Å²) in [5.74, 6) is 0. The van der Waals surface area contributed by atoms with E-state index >= 15 is 0 Å². The van der Waals surface area contributed by atoms with Crippen LogP contribution in [-0.2, 0) is 5.41 Å². The van der Waals surface area contributed by atoms with Gasteiger partial charge in [-0.3, -0.25) is 9.97 Å². The van der Waals surface area contributed by atoms with E-state index in [0.717, 1.165) is 88.4 Å². The maximum atomic E-state index is 5.24. The van der Waals surface area contributed by atoms with Gasteiger partial charge in [0.1, 0.15) is 0 Å². The molecule has 0 saturated heterocycles. The average molecular weight is 827 g/mol. The number of nitrogens with zero attached hydrogens (tertiary/aromatic N) is 4. The molecule has 0 saturated carbocycles. The molecule has 12 aromatic rings. The van der Waals surface area contributed by atoms with Crippen molar-refractivity contribution in [2.75, 3.05) is 0 Å². The molecular weight excluding hydrogens is 789 g/mol. The summed E-state index contributed by atoms with van der Waals surface area (Å²) in [5, 5.41) is 4.35. The Labute approximate surface area is 376 Å². The summed E-state index contributed by atoms with van der Waals surface area (Å²) in [6, 6.07) is 78.8. The number of hydrogen-bond donors (Lipinski definition) is 0. The van der Waals surface area contributed by atoms with E-state index in [1.165, 1.54) is 33.4 Å². The number of fused-ring (bicyclic) bond motifs is 9. The molecule has 13 rings (SSSR count). The molecule has 302 valence electrons. The first kappa shape index (κ1) is 37.0. The molecule has 0 atom stereocenters. The number of rotatable bonds is 6. The van der Waals surface area contributed by atoms with Crippen LogP contribution in [0.1, 0.15) is 22.3 Å². The number of benzene rings is 8. The Morgan fingerprint density at radius 1 is 0.262 bits per heavy atom. The molecule has 0 N–H and O–H groups in total. The largest absolute Gasteiger partial charge is 0.254 e. The van der Waals surface area contributed by atoms with Gasteiger partial charge in [0, 0.05) is 45.1 Å². The molecule has 1 aliphatic carbocycles. The third-order valence-electron chi connectivity index (χ3n) is 13.5. The smallest absolute Gasteiger partial charge is 0.0972 e. The topological polar surface area (TPSA) is 51.6 Å². The van der Waals surface area contributed by atoms with Gasteiger partial charge in [-0.2, -0.15) is 0 Å². The summed E-state index contributed by atoms with van der Waals surface area (Å²) < 4.78 is 0. The normalized spacial score (nSPS) is 12.7. The lowest BCUT2D eigenvalue weighted by Gasteiger charge is -2.34. The van der Waals surface area contributed by atoms with E-state index < -0.39 is 5.41 Å². The minimum Gasteiger partial charge on any atom is -0.254 e. The second-order valence-electron chi connectivity index (χ2n) is 16.9. The predicted molar refractivity (Wildman–Crippen MR) is 267 cm³/mol. The Bertz CT molecular complexity index is 3770. The fourth-order valence-electron chi connectivity index (χ4n) is 10.4. The highest BCUT2D eigenvalue weighted by molar-refractivity contribution is 6.04. The number of pyridine rings is 4. The van der Waals surface area contributed by atoms with Gasteiger partial charge in [-0.25, -0.2) is 9.97 Å². The summed E-state index contributed by atoms with van der Waals surface area (Å²) in [6.07, 6.45) is 3.68. The van der Waals surface area contributed by atoms with Crippen LogP contribution in [0.2, 0.25) is 0 Å². The van der Waals surface area contributed by atoms with E-state index in [1.54, 1.807) is 0 Å². The Morgan fingerprint density at radius 3 is 1.22 bits per heavy atom. The van der Waals surface area contributed by atoms with Crippen molar-refractivity contribution in [3.63, 3.8) is 0 Å². The van der Waals surface area contributed by atoms with Gasteiger partial charge >= 0.3 is 0 Å². The lowest BCUT2D eigenvalue weighted by atomic mass is 9.67. The third kappa shape index (κ3) is 5.85. The molecule has 8 aromatic carbocycles. The number of aromatic nitrogens is 4. The van der Waals surface area contributed by atoms with Crippen molar-refractivity contribution < 1.29 is 0 Å². The minimum absolute atomic E-state index is 0.525. The van der Waals surface area contributed by atoms with Crippen molar-refractivity contribution in [3.05, 3.63) is 253 Å². The highest BCUT2D eigenvalue weighted by Gasteiger charge is 2.45. The zero-order valence-corrected chi connectivity index (χ0v) is 35.2.